The standard InChI is InChI=1S/C11H19N3O2/c1-3-5-9(15)6-4-7-14-10(16)8-13(2)11(14)12/h12H,3-8H2,1-2H3. The van der Waals surface area contributed by atoms with Crippen LogP contribution in [0.5, 0.6) is 0 Å². The maximum Gasteiger partial charge on any atom is 0.248 e. The van der Waals surface area contributed by atoms with Crippen molar-refractivity contribution in [3.8, 4) is 0 Å². The minimum absolute atomic E-state index is 0.0459. The SMILES string of the molecule is CCCC(=O)CCCN1C(=N)N(C)CC1=O. The van der Waals surface area contributed by atoms with Crippen molar-refractivity contribution in [3.63, 3.8) is 0 Å². The lowest BCUT2D eigenvalue weighted by atomic mass is 10.1. The summed E-state index contributed by atoms with van der Waals surface area (Å²) in [5.74, 6) is 0.442. The van der Waals surface area contributed by atoms with Gasteiger partial charge in [0.25, 0.3) is 0 Å². The van der Waals surface area contributed by atoms with E-state index < -0.39 is 0 Å². The van der Waals surface area contributed by atoms with Gasteiger partial charge in [-0.3, -0.25) is 19.9 Å². The van der Waals surface area contributed by atoms with Crippen LogP contribution in [0.15, 0.2) is 0 Å². The number of amides is 1. The molecule has 0 spiro atoms. The third-order valence-electron chi connectivity index (χ3n) is 2.66. The van der Waals surface area contributed by atoms with Gasteiger partial charge < -0.3 is 4.90 Å². The summed E-state index contributed by atoms with van der Waals surface area (Å²) in [6.45, 7) is 2.74. The first-order chi connectivity index (χ1) is 7.56. The number of nitrogens with one attached hydrogen (secondary N) is 1. The van der Waals surface area contributed by atoms with Gasteiger partial charge in [0.2, 0.25) is 11.9 Å². The number of guanidine groups is 1. The smallest absolute Gasteiger partial charge is 0.248 e. The molecule has 1 aliphatic heterocycles. The zero-order valence-corrected chi connectivity index (χ0v) is 9.95. The highest BCUT2D eigenvalue weighted by atomic mass is 16.2. The minimum atomic E-state index is -0.0459. The van der Waals surface area contributed by atoms with Crippen molar-refractivity contribution < 1.29 is 9.59 Å². The van der Waals surface area contributed by atoms with E-state index in [-0.39, 0.29) is 24.2 Å². The van der Waals surface area contributed by atoms with E-state index in [1.165, 1.54) is 4.90 Å². The second kappa shape index (κ2) is 5.63. The van der Waals surface area contributed by atoms with Gasteiger partial charge in [-0.05, 0) is 12.8 Å². The predicted octanol–water partition coefficient (Wildman–Crippen LogP) is 0.845. The number of hydrogen-bond acceptors (Lipinski definition) is 3. The molecule has 1 fully saturated rings. The number of rotatable bonds is 6. The van der Waals surface area contributed by atoms with Crippen molar-refractivity contribution in [3.05, 3.63) is 0 Å². The number of likely N-dealkylation sites (N-methyl/N-ethyl adjacent to an activating group) is 1. The summed E-state index contributed by atoms with van der Waals surface area (Å²) in [6.07, 6.45) is 2.65. The number of carbonyl (C=O) groups is 2. The maximum atomic E-state index is 11.5. The quantitative estimate of drug-likeness (QED) is 0.728. The predicted molar refractivity (Wildman–Crippen MR) is 61.2 cm³/mol. The Labute approximate surface area is 95.9 Å². The summed E-state index contributed by atoms with van der Waals surface area (Å²) in [5.41, 5.74) is 0. The van der Waals surface area contributed by atoms with E-state index in [0.29, 0.717) is 25.8 Å². The van der Waals surface area contributed by atoms with E-state index in [0.717, 1.165) is 6.42 Å². The van der Waals surface area contributed by atoms with Crippen LogP contribution in [0.3, 0.4) is 0 Å². The molecule has 0 radical (unpaired) electrons. The van der Waals surface area contributed by atoms with E-state index in [2.05, 4.69) is 0 Å². The minimum Gasteiger partial charge on any atom is -0.336 e. The molecule has 0 aromatic heterocycles. The van der Waals surface area contributed by atoms with Crippen molar-refractivity contribution in [1.82, 2.24) is 9.80 Å². The van der Waals surface area contributed by atoms with Crippen molar-refractivity contribution in [2.75, 3.05) is 20.1 Å². The molecular formula is C11H19N3O2. The Morgan fingerprint density at radius 1 is 1.44 bits per heavy atom. The van der Waals surface area contributed by atoms with Crippen LogP contribution >= 0.6 is 0 Å². The molecule has 0 atom stereocenters. The van der Waals surface area contributed by atoms with Crippen molar-refractivity contribution in [2.24, 2.45) is 0 Å². The molecule has 1 saturated heterocycles. The van der Waals surface area contributed by atoms with Gasteiger partial charge in [0.1, 0.15) is 5.78 Å². The Balaban J connectivity index is 2.30. The fourth-order valence-corrected chi connectivity index (χ4v) is 1.76. The van der Waals surface area contributed by atoms with E-state index in [1.807, 2.05) is 6.92 Å². The molecule has 5 heteroatoms. The summed E-state index contributed by atoms with van der Waals surface area (Å²) in [4.78, 5) is 25.8. The van der Waals surface area contributed by atoms with E-state index in [4.69, 9.17) is 5.41 Å². The number of hydrogen-bond donors (Lipinski definition) is 1. The molecule has 5 nitrogen and oxygen atoms in total. The molecule has 1 rings (SSSR count). The summed E-state index contributed by atoms with van der Waals surface area (Å²) < 4.78 is 0. The van der Waals surface area contributed by atoms with Crippen LogP contribution in [-0.2, 0) is 9.59 Å². The number of nitrogens with zero attached hydrogens (tertiary/aromatic N) is 2. The van der Waals surface area contributed by atoms with Gasteiger partial charge in [0.05, 0.1) is 6.54 Å². The normalized spacial score (nSPS) is 16.1. The van der Waals surface area contributed by atoms with Crippen LogP contribution < -0.4 is 0 Å². The Hall–Kier alpha value is -1.39. The largest absolute Gasteiger partial charge is 0.336 e. The fraction of sp³-hybridized carbons (Fsp3) is 0.727. The van der Waals surface area contributed by atoms with Crippen LogP contribution in [0.1, 0.15) is 32.6 Å². The number of carbonyl (C=O) groups excluding carboxylic acids is 2. The molecule has 1 amide bonds. The summed E-state index contributed by atoms with van der Waals surface area (Å²) >= 11 is 0. The first-order valence-electron chi connectivity index (χ1n) is 5.68. The molecule has 0 saturated carbocycles. The lowest BCUT2D eigenvalue weighted by Crippen LogP contribution is -2.33. The second-order valence-electron chi connectivity index (χ2n) is 4.12. The molecule has 16 heavy (non-hydrogen) atoms. The number of Topliss-reactive ketones (excluding diaryl/α,β-unsaturated/α-hetero) is 1. The van der Waals surface area contributed by atoms with Gasteiger partial charge in [0.15, 0.2) is 0 Å². The first kappa shape index (κ1) is 12.7. The van der Waals surface area contributed by atoms with Crippen LogP contribution in [-0.4, -0.2) is 47.6 Å². The maximum absolute atomic E-state index is 11.5. The highest BCUT2D eigenvalue weighted by molar-refractivity contribution is 6.02. The Bertz CT molecular complexity index is 302. The topological polar surface area (TPSA) is 64.5 Å². The third-order valence-corrected chi connectivity index (χ3v) is 2.66. The molecule has 0 aromatic carbocycles. The molecule has 1 heterocycles. The Kier molecular flexibility index (Phi) is 4.46. The molecular weight excluding hydrogens is 206 g/mol. The Morgan fingerprint density at radius 3 is 2.62 bits per heavy atom. The molecule has 0 aromatic rings. The van der Waals surface area contributed by atoms with Crippen LogP contribution in [0.25, 0.3) is 0 Å². The van der Waals surface area contributed by atoms with Gasteiger partial charge in [-0.25, -0.2) is 0 Å². The van der Waals surface area contributed by atoms with E-state index in [9.17, 15) is 9.59 Å². The van der Waals surface area contributed by atoms with Gasteiger partial charge in [-0.1, -0.05) is 6.92 Å². The second-order valence-corrected chi connectivity index (χ2v) is 4.12. The molecule has 0 aliphatic carbocycles. The molecule has 0 unspecified atom stereocenters. The highest BCUT2D eigenvalue weighted by Crippen LogP contribution is 2.08. The van der Waals surface area contributed by atoms with Gasteiger partial charge in [-0.2, -0.15) is 0 Å². The van der Waals surface area contributed by atoms with Crippen LogP contribution in [0, 0.1) is 5.41 Å². The zero-order valence-electron chi connectivity index (χ0n) is 9.95. The summed E-state index contributed by atoms with van der Waals surface area (Å²) in [7, 11) is 1.72. The molecule has 0 bridgehead atoms. The zero-order chi connectivity index (χ0) is 12.1. The molecule has 1 N–H and O–H groups in total. The van der Waals surface area contributed by atoms with Gasteiger partial charge >= 0.3 is 0 Å². The number of ketones is 1. The van der Waals surface area contributed by atoms with E-state index >= 15 is 0 Å². The van der Waals surface area contributed by atoms with E-state index in [1.54, 1.807) is 11.9 Å². The summed E-state index contributed by atoms with van der Waals surface area (Å²) in [6, 6.07) is 0. The lowest BCUT2D eigenvalue weighted by Gasteiger charge is -2.16. The highest BCUT2D eigenvalue weighted by Gasteiger charge is 2.29. The average molecular weight is 225 g/mol. The van der Waals surface area contributed by atoms with Crippen molar-refractivity contribution in [2.45, 2.75) is 32.6 Å². The average Bonchev–Trinajstić information content (AvgIpc) is 2.45. The first-order valence-corrected chi connectivity index (χ1v) is 5.68. The van der Waals surface area contributed by atoms with Crippen LogP contribution in [0.2, 0.25) is 0 Å². The molecule has 90 valence electrons. The monoisotopic (exact) mass is 225 g/mol. The van der Waals surface area contributed by atoms with Gasteiger partial charge in [0, 0.05) is 26.4 Å². The van der Waals surface area contributed by atoms with Crippen molar-refractivity contribution >= 4 is 17.6 Å². The Morgan fingerprint density at radius 2 is 2.12 bits per heavy atom. The molecule has 1 aliphatic rings. The van der Waals surface area contributed by atoms with Crippen LogP contribution in [0.4, 0.5) is 0 Å². The van der Waals surface area contributed by atoms with Crippen molar-refractivity contribution in [1.29, 1.82) is 5.41 Å². The van der Waals surface area contributed by atoms with Gasteiger partial charge in [-0.15, -0.1) is 0 Å². The lowest BCUT2D eigenvalue weighted by molar-refractivity contribution is -0.125. The summed E-state index contributed by atoms with van der Waals surface area (Å²) in [5, 5.41) is 7.66. The fourth-order valence-electron chi connectivity index (χ4n) is 1.76. The third kappa shape index (κ3) is 3.05.